The molecule has 0 aromatic rings. The van der Waals surface area contributed by atoms with E-state index in [0.717, 1.165) is 0 Å². The Morgan fingerprint density at radius 3 is 1.46 bits per heavy atom. The van der Waals surface area contributed by atoms with Crippen molar-refractivity contribution < 1.29 is 33.4 Å². The summed E-state index contributed by atoms with van der Waals surface area (Å²) in [6.07, 6.45) is -1.79. The topological polar surface area (TPSA) is 156 Å². The highest BCUT2D eigenvalue weighted by atomic mass is 16.6. The Balaban J connectivity index is 5.45. The van der Waals surface area contributed by atoms with Crippen LogP contribution in [-0.4, -0.2) is 65.1 Å². The van der Waals surface area contributed by atoms with E-state index in [9.17, 15) is 19.2 Å². The highest BCUT2D eigenvalue weighted by molar-refractivity contribution is 6.01. The number of hydrogen-bond acceptors (Lipinski definition) is 8. The molecule has 0 rings (SSSR count). The van der Waals surface area contributed by atoms with Crippen LogP contribution in [0.15, 0.2) is 4.99 Å². The second-order valence-corrected chi connectivity index (χ2v) is 12.6. The number of rotatable bonds is 6. The van der Waals surface area contributed by atoms with Gasteiger partial charge in [0.1, 0.15) is 22.8 Å². The molecule has 0 heterocycles. The van der Waals surface area contributed by atoms with Crippen LogP contribution in [0.5, 0.6) is 0 Å². The first-order valence-electron chi connectivity index (χ1n) is 12.3. The molecule has 0 aliphatic rings. The van der Waals surface area contributed by atoms with Crippen LogP contribution < -0.4 is 21.3 Å². The first-order chi connectivity index (χ1) is 16.5. The lowest BCUT2D eigenvalue weighted by Gasteiger charge is -2.27. The Labute approximate surface area is 221 Å². The molecule has 0 aliphatic heterocycles. The van der Waals surface area contributed by atoms with Gasteiger partial charge in [0.25, 0.3) is 0 Å². The fourth-order valence-electron chi connectivity index (χ4n) is 2.57. The number of aliphatic imine (C=N–C) groups is 1. The molecule has 0 spiro atoms. The van der Waals surface area contributed by atoms with E-state index in [1.165, 1.54) is 0 Å². The number of hydrogen-bond donors (Lipinski definition) is 4. The van der Waals surface area contributed by atoms with E-state index in [1.54, 1.807) is 62.3 Å². The number of ether oxygens (including phenoxy) is 3. The minimum Gasteiger partial charge on any atom is -0.444 e. The lowest BCUT2D eigenvalue weighted by atomic mass is 10.1. The SMILES string of the molecule is CC(C)(C)NC(=O)C(CCCN=C(NC(=O)OC(C)(C)C)NC(=O)OC(C)(C)C)NC(=O)OC(C)(C)C. The molecular weight excluding hydrogens is 482 g/mol. The van der Waals surface area contributed by atoms with E-state index in [4.69, 9.17) is 14.2 Å². The standard InChI is InChI=1S/C25H47N5O7/c1-22(2,3)30-17(31)16(27-19(32)35-23(4,5)6)14-13-15-26-18(28-20(33)36-24(7,8)9)29-21(34)37-25(10,11)12/h16H,13-15H2,1-12H3,(H,27,32)(H,30,31)(H2,26,28,29,33,34). The number of nitrogens with one attached hydrogen (secondary N) is 4. The molecule has 0 aliphatic carbocycles. The molecule has 0 saturated heterocycles. The minimum absolute atomic E-state index is 0.107. The summed E-state index contributed by atoms with van der Waals surface area (Å²) in [6, 6.07) is -0.884. The number of alkyl carbamates (subject to hydrolysis) is 3. The quantitative estimate of drug-likeness (QED) is 0.175. The first-order valence-corrected chi connectivity index (χ1v) is 12.3. The van der Waals surface area contributed by atoms with Crippen molar-refractivity contribution >= 4 is 30.1 Å². The van der Waals surface area contributed by atoms with Gasteiger partial charge < -0.3 is 24.8 Å². The molecule has 0 aromatic carbocycles. The van der Waals surface area contributed by atoms with Gasteiger partial charge in [0.15, 0.2) is 0 Å². The molecule has 0 aromatic heterocycles. The molecule has 4 amide bonds. The average Bonchev–Trinajstić information content (AvgIpc) is 2.57. The average molecular weight is 530 g/mol. The zero-order valence-corrected chi connectivity index (χ0v) is 24.5. The maximum absolute atomic E-state index is 12.8. The van der Waals surface area contributed by atoms with Gasteiger partial charge in [-0.3, -0.25) is 20.4 Å². The van der Waals surface area contributed by atoms with E-state index in [2.05, 4.69) is 26.3 Å². The Morgan fingerprint density at radius 2 is 1.08 bits per heavy atom. The lowest BCUT2D eigenvalue weighted by molar-refractivity contribution is -0.124. The molecule has 12 heteroatoms. The number of nitrogens with zero attached hydrogens (tertiary/aromatic N) is 1. The molecule has 37 heavy (non-hydrogen) atoms. The normalized spacial score (nSPS) is 13.0. The van der Waals surface area contributed by atoms with Gasteiger partial charge in [-0.2, -0.15) is 0 Å². The third-order valence-electron chi connectivity index (χ3n) is 3.67. The van der Waals surface area contributed by atoms with Gasteiger partial charge in [-0.05, 0) is 95.9 Å². The number of carbonyl (C=O) groups is 4. The van der Waals surface area contributed by atoms with Gasteiger partial charge >= 0.3 is 18.3 Å². The number of carbonyl (C=O) groups excluding carboxylic acids is 4. The van der Waals surface area contributed by atoms with Crippen molar-refractivity contribution in [1.82, 2.24) is 21.3 Å². The summed E-state index contributed by atoms with van der Waals surface area (Å²) in [5.74, 6) is -0.541. The van der Waals surface area contributed by atoms with Crippen LogP contribution in [0.2, 0.25) is 0 Å². The van der Waals surface area contributed by atoms with E-state index in [-0.39, 0.29) is 24.8 Å². The second kappa shape index (κ2) is 13.5. The maximum Gasteiger partial charge on any atom is 0.414 e. The summed E-state index contributed by atoms with van der Waals surface area (Å²) >= 11 is 0. The summed E-state index contributed by atoms with van der Waals surface area (Å²) in [4.78, 5) is 53.7. The third-order valence-corrected chi connectivity index (χ3v) is 3.67. The van der Waals surface area contributed by atoms with Crippen LogP contribution in [0, 0.1) is 0 Å². The molecule has 0 radical (unpaired) electrons. The van der Waals surface area contributed by atoms with Crippen molar-refractivity contribution in [2.75, 3.05) is 6.54 Å². The van der Waals surface area contributed by atoms with Crippen LogP contribution in [0.1, 0.15) is 95.9 Å². The highest BCUT2D eigenvalue weighted by Gasteiger charge is 2.27. The second-order valence-electron chi connectivity index (χ2n) is 12.6. The summed E-state index contributed by atoms with van der Waals surface area (Å²) in [5.41, 5.74) is -2.76. The molecule has 4 N–H and O–H groups in total. The van der Waals surface area contributed by atoms with Crippen molar-refractivity contribution in [1.29, 1.82) is 0 Å². The molecule has 12 nitrogen and oxygen atoms in total. The zero-order valence-electron chi connectivity index (χ0n) is 24.5. The summed E-state index contributed by atoms with van der Waals surface area (Å²) in [6.45, 7) is 21.0. The number of guanidine groups is 1. The van der Waals surface area contributed by atoms with Gasteiger partial charge in [-0.1, -0.05) is 0 Å². The largest absolute Gasteiger partial charge is 0.444 e. The van der Waals surface area contributed by atoms with Crippen molar-refractivity contribution in [3.05, 3.63) is 0 Å². The van der Waals surface area contributed by atoms with Gasteiger partial charge in [-0.25, -0.2) is 14.4 Å². The van der Waals surface area contributed by atoms with Crippen LogP contribution in [-0.2, 0) is 19.0 Å². The maximum atomic E-state index is 12.8. The Morgan fingerprint density at radius 1 is 0.676 bits per heavy atom. The summed E-state index contributed by atoms with van der Waals surface area (Å²) < 4.78 is 15.7. The van der Waals surface area contributed by atoms with Gasteiger partial charge in [0, 0.05) is 12.1 Å². The molecule has 214 valence electrons. The molecule has 1 unspecified atom stereocenters. The summed E-state index contributed by atoms with van der Waals surface area (Å²) in [7, 11) is 0. The monoisotopic (exact) mass is 529 g/mol. The fraction of sp³-hybridized carbons (Fsp3) is 0.800. The predicted octanol–water partition coefficient (Wildman–Crippen LogP) is 3.98. The molecule has 1 atom stereocenters. The molecule has 0 saturated carbocycles. The van der Waals surface area contributed by atoms with E-state index in [1.807, 2.05) is 20.8 Å². The molecule has 0 fully saturated rings. The minimum atomic E-state index is -0.884. The number of amides is 4. The van der Waals surface area contributed by atoms with E-state index < -0.39 is 46.7 Å². The van der Waals surface area contributed by atoms with Crippen LogP contribution in [0.25, 0.3) is 0 Å². The van der Waals surface area contributed by atoms with Gasteiger partial charge in [0.2, 0.25) is 11.9 Å². The third kappa shape index (κ3) is 19.8. The van der Waals surface area contributed by atoms with E-state index >= 15 is 0 Å². The van der Waals surface area contributed by atoms with Crippen molar-refractivity contribution in [2.45, 2.75) is 124 Å². The van der Waals surface area contributed by atoms with Crippen LogP contribution in [0.3, 0.4) is 0 Å². The molecular formula is C25H47N5O7. The van der Waals surface area contributed by atoms with Crippen LogP contribution in [0.4, 0.5) is 14.4 Å². The summed E-state index contributed by atoms with van der Waals surface area (Å²) in [5, 5.41) is 10.2. The lowest BCUT2D eigenvalue weighted by Crippen LogP contribution is -2.52. The van der Waals surface area contributed by atoms with E-state index in [0.29, 0.717) is 6.42 Å². The Bertz CT molecular complexity index is 796. The fourth-order valence-corrected chi connectivity index (χ4v) is 2.57. The smallest absolute Gasteiger partial charge is 0.414 e. The van der Waals surface area contributed by atoms with Crippen molar-refractivity contribution in [3.8, 4) is 0 Å². The predicted molar refractivity (Wildman–Crippen MR) is 141 cm³/mol. The zero-order chi connectivity index (χ0) is 29.2. The van der Waals surface area contributed by atoms with Gasteiger partial charge in [0.05, 0.1) is 0 Å². The molecule has 0 bridgehead atoms. The highest BCUT2D eigenvalue weighted by Crippen LogP contribution is 2.10. The first kappa shape index (κ1) is 34.0. The van der Waals surface area contributed by atoms with Crippen molar-refractivity contribution in [2.24, 2.45) is 4.99 Å². The van der Waals surface area contributed by atoms with Crippen molar-refractivity contribution in [3.63, 3.8) is 0 Å². The van der Waals surface area contributed by atoms with Crippen LogP contribution >= 0.6 is 0 Å². The van der Waals surface area contributed by atoms with Gasteiger partial charge in [-0.15, -0.1) is 0 Å². The Kier molecular flexibility index (Phi) is 12.4. The Hall–Kier alpha value is -3.05.